The summed E-state index contributed by atoms with van der Waals surface area (Å²) < 4.78 is 6.23. The number of thiophene rings is 1. The summed E-state index contributed by atoms with van der Waals surface area (Å²) in [5.41, 5.74) is 0.569. The molecule has 1 amide bonds. The number of hydrogen-bond donors (Lipinski definition) is 1. The number of ether oxygens (including phenoxy) is 1. The number of carbonyl (C=O) groups is 1. The van der Waals surface area contributed by atoms with E-state index >= 15 is 0 Å². The van der Waals surface area contributed by atoms with E-state index in [2.05, 4.69) is 21.2 Å². The van der Waals surface area contributed by atoms with Gasteiger partial charge in [0.25, 0.3) is 5.91 Å². The molecule has 0 aliphatic rings. The first-order chi connectivity index (χ1) is 9.11. The fourth-order valence-corrected chi connectivity index (χ4v) is 3.13. The van der Waals surface area contributed by atoms with Crippen LogP contribution in [0.3, 0.4) is 0 Å². The number of rotatable bonds is 4. The highest BCUT2D eigenvalue weighted by Crippen LogP contribution is 2.30. The molecular weight excluding hydrogens is 350 g/mol. The monoisotopic (exact) mass is 359 g/mol. The third-order valence-corrected chi connectivity index (χ3v) is 4.38. The van der Waals surface area contributed by atoms with Crippen LogP contribution in [0.5, 0.6) is 5.75 Å². The molecule has 0 fully saturated rings. The highest BCUT2D eigenvalue weighted by Gasteiger charge is 2.14. The minimum absolute atomic E-state index is 0.190. The standard InChI is InChI=1S/C13H11BrClNO2S/c1-2-18-11-4-3-8(15)7-10(11)16-13(17)12-9(14)5-6-19-12/h3-7H,2H2,1H3,(H,16,17). The molecule has 2 rings (SSSR count). The Morgan fingerprint density at radius 3 is 2.89 bits per heavy atom. The third kappa shape index (κ3) is 3.49. The average Bonchev–Trinajstić information content (AvgIpc) is 2.79. The molecular formula is C13H11BrClNO2S. The number of amides is 1. The molecule has 0 saturated heterocycles. The SMILES string of the molecule is CCOc1ccc(Cl)cc1NC(=O)c1sccc1Br. The van der Waals surface area contributed by atoms with Crippen molar-refractivity contribution in [2.24, 2.45) is 0 Å². The Morgan fingerprint density at radius 2 is 2.26 bits per heavy atom. The number of hydrogen-bond acceptors (Lipinski definition) is 3. The van der Waals surface area contributed by atoms with E-state index in [0.717, 1.165) is 4.47 Å². The van der Waals surface area contributed by atoms with Crippen LogP contribution >= 0.6 is 38.9 Å². The molecule has 1 N–H and O–H groups in total. The molecule has 0 saturated carbocycles. The Morgan fingerprint density at radius 1 is 1.47 bits per heavy atom. The maximum absolute atomic E-state index is 12.1. The molecule has 6 heteroatoms. The molecule has 0 spiro atoms. The summed E-state index contributed by atoms with van der Waals surface area (Å²) in [6.45, 7) is 2.41. The molecule has 0 unspecified atom stereocenters. The summed E-state index contributed by atoms with van der Waals surface area (Å²) >= 11 is 10.6. The van der Waals surface area contributed by atoms with Crippen LogP contribution in [0.2, 0.25) is 5.02 Å². The van der Waals surface area contributed by atoms with Gasteiger partial charge in [-0.15, -0.1) is 11.3 Å². The smallest absolute Gasteiger partial charge is 0.266 e. The normalized spacial score (nSPS) is 10.3. The summed E-state index contributed by atoms with van der Waals surface area (Å²) in [5, 5.41) is 5.20. The zero-order chi connectivity index (χ0) is 13.8. The maximum atomic E-state index is 12.1. The first kappa shape index (κ1) is 14.4. The van der Waals surface area contributed by atoms with E-state index in [-0.39, 0.29) is 5.91 Å². The zero-order valence-electron chi connectivity index (χ0n) is 10.1. The van der Waals surface area contributed by atoms with E-state index in [1.807, 2.05) is 18.4 Å². The van der Waals surface area contributed by atoms with E-state index in [4.69, 9.17) is 16.3 Å². The minimum Gasteiger partial charge on any atom is -0.492 e. The molecule has 3 nitrogen and oxygen atoms in total. The number of halogens is 2. The van der Waals surface area contributed by atoms with Crippen LogP contribution in [0.25, 0.3) is 0 Å². The number of nitrogens with one attached hydrogen (secondary N) is 1. The Labute approximate surface area is 128 Å². The summed E-state index contributed by atoms with van der Waals surface area (Å²) in [4.78, 5) is 12.7. The van der Waals surface area contributed by atoms with Gasteiger partial charge in [-0.1, -0.05) is 11.6 Å². The molecule has 2 aromatic rings. The van der Waals surface area contributed by atoms with Gasteiger partial charge in [0.15, 0.2) is 0 Å². The van der Waals surface area contributed by atoms with E-state index in [1.54, 1.807) is 18.2 Å². The quantitative estimate of drug-likeness (QED) is 0.849. The predicted molar refractivity (Wildman–Crippen MR) is 82.6 cm³/mol. The summed E-state index contributed by atoms with van der Waals surface area (Å²) in [6, 6.07) is 6.97. The molecule has 1 heterocycles. The molecule has 19 heavy (non-hydrogen) atoms. The van der Waals surface area contributed by atoms with Gasteiger partial charge in [-0.25, -0.2) is 0 Å². The summed E-state index contributed by atoms with van der Waals surface area (Å²) in [5.74, 6) is 0.415. The second kappa shape index (κ2) is 6.41. The number of benzene rings is 1. The lowest BCUT2D eigenvalue weighted by atomic mass is 10.3. The van der Waals surface area contributed by atoms with Gasteiger partial charge in [0.05, 0.1) is 12.3 Å². The lowest BCUT2D eigenvalue weighted by molar-refractivity contribution is 0.102. The molecule has 1 aromatic heterocycles. The van der Waals surface area contributed by atoms with Crippen molar-refractivity contribution in [3.05, 3.63) is 44.0 Å². The number of carbonyl (C=O) groups excluding carboxylic acids is 1. The van der Waals surface area contributed by atoms with Crippen LogP contribution < -0.4 is 10.1 Å². The van der Waals surface area contributed by atoms with Gasteiger partial charge >= 0.3 is 0 Å². The van der Waals surface area contributed by atoms with Crippen molar-refractivity contribution in [2.75, 3.05) is 11.9 Å². The highest BCUT2D eigenvalue weighted by molar-refractivity contribution is 9.10. The molecule has 0 atom stereocenters. The second-order valence-electron chi connectivity index (χ2n) is 3.63. The van der Waals surface area contributed by atoms with E-state index in [9.17, 15) is 4.79 Å². The summed E-state index contributed by atoms with van der Waals surface area (Å²) in [7, 11) is 0. The average molecular weight is 361 g/mol. The van der Waals surface area contributed by atoms with Gasteiger partial charge in [-0.05, 0) is 52.5 Å². The van der Waals surface area contributed by atoms with Crippen LogP contribution in [0.4, 0.5) is 5.69 Å². The van der Waals surface area contributed by atoms with Gasteiger partial charge in [0.1, 0.15) is 10.6 Å². The third-order valence-electron chi connectivity index (χ3n) is 2.31. The van der Waals surface area contributed by atoms with E-state index in [1.165, 1.54) is 11.3 Å². The highest BCUT2D eigenvalue weighted by atomic mass is 79.9. The van der Waals surface area contributed by atoms with Crippen molar-refractivity contribution in [3.8, 4) is 5.75 Å². The lowest BCUT2D eigenvalue weighted by Gasteiger charge is -2.11. The topological polar surface area (TPSA) is 38.3 Å². The largest absolute Gasteiger partial charge is 0.492 e. The summed E-state index contributed by atoms with van der Waals surface area (Å²) in [6.07, 6.45) is 0. The predicted octanol–water partition coefficient (Wildman–Crippen LogP) is 4.82. The van der Waals surface area contributed by atoms with Crippen molar-refractivity contribution >= 4 is 50.5 Å². The molecule has 0 bridgehead atoms. The van der Waals surface area contributed by atoms with Crippen molar-refractivity contribution in [1.29, 1.82) is 0 Å². The maximum Gasteiger partial charge on any atom is 0.266 e. The molecule has 0 aliphatic heterocycles. The van der Waals surface area contributed by atoms with Crippen molar-refractivity contribution in [2.45, 2.75) is 6.92 Å². The van der Waals surface area contributed by atoms with E-state index in [0.29, 0.717) is 27.9 Å². The Hall–Kier alpha value is -1.04. The van der Waals surface area contributed by atoms with Gasteiger partial charge in [0.2, 0.25) is 0 Å². The first-order valence-corrected chi connectivity index (χ1v) is 7.63. The Kier molecular flexibility index (Phi) is 4.85. The minimum atomic E-state index is -0.190. The van der Waals surface area contributed by atoms with Crippen LogP contribution in [-0.4, -0.2) is 12.5 Å². The van der Waals surface area contributed by atoms with Gasteiger partial charge < -0.3 is 10.1 Å². The van der Waals surface area contributed by atoms with Crippen LogP contribution in [0.15, 0.2) is 34.1 Å². The molecule has 0 radical (unpaired) electrons. The Bertz CT molecular complexity index is 600. The van der Waals surface area contributed by atoms with Crippen LogP contribution in [0, 0.1) is 0 Å². The van der Waals surface area contributed by atoms with Gasteiger partial charge in [-0.2, -0.15) is 0 Å². The number of anilines is 1. The fraction of sp³-hybridized carbons (Fsp3) is 0.154. The van der Waals surface area contributed by atoms with Crippen LogP contribution in [-0.2, 0) is 0 Å². The molecule has 100 valence electrons. The second-order valence-corrected chi connectivity index (χ2v) is 5.83. The van der Waals surface area contributed by atoms with E-state index < -0.39 is 0 Å². The molecule has 0 aliphatic carbocycles. The van der Waals surface area contributed by atoms with Gasteiger partial charge in [0, 0.05) is 9.50 Å². The fourth-order valence-electron chi connectivity index (χ4n) is 1.52. The lowest BCUT2D eigenvalue weighted by Crippen LogP contribution is -2.12. The zero-order valence-corrected chi connectivity index (χ0v) is 13.2. The van der Waals surface area contributed by atoms with Crippen molar-refractivity contribution < 1.29 is 9.53 Å². The van der Waals surface area contributed by atoms with Gasteiger partial charge in [-0.3, -0.25) is 4.79 Å². The van der Waals surface area contributed by atoms with Crippen LogP contribution in [0.1, 0.15) is 16.6 Å². The first-order valence-electron chi connectivity index (χ1n) is 5.58. The van der Waals surface area contributed by atoms with Crippen molar-refractivity contribution in [3.63, 3.8) is 0 Å². The molecule has 1 aromatic carbocycles. The van der Waals surface area contributed by atoms with Crippen molar-refractivity contribution in [1.82, 2.24) is 0 Å². The Balaban J connectivity index is 2.25.